The Kier molecular flexibility index (Phi) is 5.17. The minimum atomic E-state index is 0.412. The van der Waals surface area contributed by atoms with Gasteiger partial charge in [-0.05, 0) is 31.1 Å². The summed E-state index contributed by atoms with van der Waals surface area (Å²) in [6.45, 7) is 1.78. The largest absolute Gasteiger partial charge is 0.299 e. The van der Waals surface area contributed by atoms with Crippen LogP contribution in [0.1, 0.15) is 29.3 Å². The molecule has 0 unspecified atom stereocenters. The molecule has 0 aliphatic rings. The van der Waals surface area contributed by atoms with E-state index in [2.05, 4.69) is 87.8 Å². The van der Waals surface area contributed by atoms with Crippen LogP contribution in [0.15, 0.2) is 67.0 Å². The van der Waals surface area contributed by atoms with Gasteiger partial charge in [0.05, 0.1) is 6.54 Å². The SMILES string of the molecule is CN(CCC(c1ccccc1)c1ccccc1)Cc1ncn[nH]1. The van der Waals surface area contributed by atoms with Crippen molar-refractivity contribution in [2.45, 2.75) is 18.9 Å². The first kappa shape index (κ1) is 15.4. The van der Waals surface area contributed by atoms with E-state index in [-0.39, 0.29) is 0 Å². The van der Waals surface area contributed by atoms with E-state index < -0.39 is 0 Å². The van der Waals surface area contributed by atoms with E-state index >= 15 is 0 Å². The van der Waals surface area contributed by atoms with Crippen molar-refractivity contribution in [3.05, 3.63) is 83.9 Å². The second kappa shape index (κ2) is 7.70. The third kappa shape index (κ3) is 4.27. The maximum Gasteiger partial charge on any atom is 0.138 e. The molecule has 1 aromatic heterocycles. The highest BCUT2D eigenvalue weighted by Crippen LogP contribution is 2.28. The molecule has 0 bridgehead atoms. The molecular weight excluding hydrogens is 284 g/mol. The Morgan fingerprint density at radius 2 is 1.57 bits per heavy atom. The van der Waals surface area contributed by atoms with E-state index in [0.717, 1.165) is 25.3 Å². The predicted octanol–water partition coefficient (Wildman–Crippen LogP) is 3.46. The average molecular weight is 306 g/mol. The van der Waals surface area contributed by atoms with Gasteiger partial charge < -0.3 is 0 Å². The van der Waals surface area contributed by atoms with Crippen LogP contribution in [-0.2, 0) is 6.54 Å². The van der Waals surface area contributed by atoms with Crippen LogP contribution in [0.2, 0.25) is 0 Å². The van der Waals surface area contributed by atoms with Crippen molar-refractivity contribution in [2.75, 3.05) is 13.6 Å². The van der Waals surface area contributed by atoms with Crippen LogP contribution in [0.4, 0.5) is 0 Å². The maximum atomic E-state index is 4.19. The highest BCUT2D eigenvalue weighted by atomic mass is 15.2. The molecule has 0 spiro atoms. The molecule has 4 nitrogen and oxygen atoms in total. The first-order valence-corrected chi connectivity index (χ1v) is 7.95. The van der Waals surface area contributed by atoms with Crippen LogP contribution in [0.3, 0.4) is 0 Å². The Bertz CT molecular complexity index is 640. The van der Waals surface area contributed by atoms with E-state index in [4.69, 9.17) is 0 Å². The predicted molar refractivity (Wildman–Crippen MR) is 92.1 cm³/mol. The fourth-order valence-corrected chi connectivity index (χ4v) is 2.89. The lowest BCUT2D eigenvalue weighted by Gasteiger charge is -2.22. The van der Waals surface area contributed by atoms with Crippen molar-refractivity contribution in [1.82, 2.24) is 20.1 Å². The molecule has 0 radical (unpaired) electrons. The van der Waals surface area contributed by atoms with Gasteiger partial charge in [-0.25, -0.2) is 4.98 Å². The Hall–Kier alpha value is -2.46. The Morgan fingerprint density at radius 3 is 2.09 bits per heavy atom. The molecule has 23 heavy (non-hydrogen) atoms. The molecule has 118 valence electrons. The fourth-order valence-electron chi connectivity index (χ4n) is 2.89. The van der Waals surface area contributed by atoms with Crippen LogP contribution in [-0.4, -0.2) is 33.7 Å². The van der Waals surface area contributed by atoms with Crippen LogP contribution >= 0.6 is 0 Å². The quantitative estimate of drug-likeness (QED) is 0.727. The third-order valence-electron chi connectivity index (χ3n) is 4.09. The first-order chi connectivity index (χ1) is 11.3. The van der Waals surface area contributed by atoms with Crippen molar-refractivity contribution in [3.63, 3.8) is 0 Å². The number of hydrogen-bond donors (Lipinski definition) is 1. The molecule has 1 heterocycles. The molecule has 0 amide bonds. The summed E-state index contributed by atoms with van der Waals surface area (Å²) < 4.78 is 0. The van der Waals surface area contributed by atoms with Crippen LogP contribution < -0.4 is 0 Å². The molecule has 0 saturated carbocycles. The van der Waals surface area contributed by atoms with E-state index in [1.54, 1.807) is 6.33 Å². The molecule has 3 aromatic rings. The Labute approximate surface area is 137 Å². The minimum absolute atomic E-state index is 0.412. The molecule has 0 saturated heterocycles. The van der Waals surface area contributed by atoms with Crippen LogP contribution in [0, 0.1) is 0 Å². The lowest BCUT2D eigenvalue weighted by Crippen LogP contribution is -2.22. The van der Waals surface area contributed by atoms with Gasteiger partial charge in [0.25, 0.3) is 0 Å². The molecule has 2 aromatic carbocycles. The number of H-pyrrole nitrogens is 1. The van der Waals surface area contributed by atoms with Crippen LogP contribution in [0.25, 0.3) is 0 Å². The number of nitrogens with zero attached hydrogens (tertiary/aromatic N) is 3. The van der Waals surface area contributed by atoms with Gasteiger partial charge in [-0.1, -0.05) is 60.7 Å². The zero-order valence-electron chi connectivity index (χ0n) is 13.4. The molecule has 4 heteroatoms. The second-order valence-electron chi connectivity index (χ2n) is 5.83. The minimum Gasteiger partial charge on any atom is -0.299 e. The van der Waals surface area contributed by atoms with Gasteiger partial charge in [-0.3, -0.25) is 10.00 Å². The Morgan fingerprint density at radius 1 is 0.957 bits per heavy atom. The smallest absolute Gasteiger partial charge is 0.138 e. The van der Waals surface area contributed by atoms with Crippen molar-refractivity contribution in [1.29, 1.82) is 0 Å². The van der Waals surface area contributed by atoms with Gasteiger partial charge >= 0.3 is 0 Å². The van der Waals surface area contributed by atoms with Crippen molar-refractivity contribution in [3.8, 4) is 0 Å². The summed E-state index contributed by atoms with van der Waals surface area (Å²) in [5.41, 5.74) is 2.73. The molecule has 1 N–H and O–H groups in total. The normalized spacial score (nSPS) is 11.3. The number of nitrogens with one attached hydrogen (secondary N) is 1. The third-order valence-corrected chi connectivity index (χ3v) is 4.09. The molecule has 0 aliphatic carbocycles. The maximum absolute atomic E-state index is 4.19. The zero-order valence-corrected chi connectivity index (χ0v) is 13.4. The summed E-state index contributed by atoms with van der Waals surface area (Å²) in [6, 6.07) is 21.5. The standard InChI is InChI=1S/C19H22N4/c1-23(14-19-20-15-21-22-19)13-12-18(16-8-4-2-5-9-16)17-10-6-3-7-11-17/h2-11,15,18H,12-14H2,1H3,(H,20,21,22). The summed E-state index contributed by atoms with van der Waals surface area (Å²) in [4.78, 5) is 6.47. The molecule has 0 atom stereocenters. The zero-order chi connectivity index (χ0) is 15.9. The van der Waals surface area contributed by atoms with Gasteiger partial charge in [-0.2, -0.15) is 5.10 Å². The number of rotatable bonds is 7. The summed E-state index contributed by atoms with van der Waals surface area (Å²) in [5, 5.41) is 6.82. The molecule has 3 rings (SSSR count). The number of hydrogen-bond acceptors (Lipinski definition) is 3. The van der Waals surface area contributed by atoms with E-state index in [1.807, 2.05) is 0 Å². The molecular formula is C19H22N4. The first-order valence-electron chi connectivity index (χ1n) is 7.95. The van der Waals surface area contributed by atoms with Gasteiger partial charge in [0.15, 0.2) is 0 Å². The van der Waals surface area contributed by atoms with E-state index in [0.29, 0.717) is 5.92 Å². The lowest BCUT2D eigenvalue weighted by atomic mass is 9.88. The van der Waals surface area contributed by atoms with Gasteiger partial charge in [0.2, 0.25) is 0 Å². The van der Waals surface area contributed by atoms with E-state index in [1.165, 1.54) is 11.1 Å². The van der Waals surface area contributed by atoms with Crippen molar-refractivity contribution in [2.24, 2.45) is 0 Å². The summed E-state index contributed by atoms with van der Waals surface area (Å²) in [6.07, 6.45) is 2.62. The van der Waals surface area contributed by atoms with Crippen molar-refractivity contribution < 1.29 is 0 Å². The monoisotopic (exact) mass is 306 g/mol. The van der Waals surface area contributed by atoms with Crippen molar-refractivity contribution >= 4 is 0 Å². The van der Waals surface area contributed by atoms with Gasteiger partial charge in [0.1, 0.15) is 12.2 Å². The summed E-state index contributed by atoms with van der Waals surface area (Å²) >= 11 is 0. The summed E-state index contributed by atoms with van der Waals surface area (Å²) in [7, 11) is 2.12. The van der Waals surface area contributed by atoms with E-state index in [9.17, 15) is 0 Å². The highest BCUT2D eigenvalue weighted by molar-refractivity contribution is 5.32. The molecule has 0 aliphatic heterocycles. The lowest BCUT2D eigenvalue weighted by molar-refractivity contribution is 0.308. The topological polar surface area (TPSA) is 44.8 Å². The van der Waals surface area contributed by atoms with Gasteiger partial charge in [0, 0.05) is 5.92 Å². The molecule has 0 fully saturated rings. The second-order valence-corrected chi connectivity index (χ2v) is 5.83. The number of aromatic amines is 1. The summed E-state index contributed by atoms with van der Waals surface area (Å²) in [5.74, 6) is 1.32. The van der Waals surface area contributed by atoms with Crippen LogP contribution in [0.5, 0.6) is 0 Å². The fraction of sp³-hybridized carbons (Fsp3) is 0.263. The highest BCUT2D eigenvalue weighted by Gasteiger charge is 2.15. The number of benzene rings is 2. The van der Waals surface area contributed by atoms with Gasteiger partial charge in [-0.15, -0.1) is 0 Å². The Balaban J connectivity index is 1.69. The average Bonchev–Trinajstić information content (AvgIpc) is 3.10. The number of aromatic nitrogens is 3.